The van der Waals surface area contributed by atoms with Crippen molar-refractivity contribution < 1.29 is 57.0 Å². The number of hydrogen-bond donors (Lipinski definition) is 4. The maximum Gasteiger partial charge on any atom is 1.00 e. The van der Waals surface area contributed by atoms with Crippen molar-refractivity contribution in [2.75, 3.05) is 0 Å². The molecule has 0 unspecified atom stereocenters. The Hall–Kier alpha value is -0.700. The Morgan fingerprint density at radius 3 is 1.27 bits per heavy atom. The van der Waals surface area contributed by atoms with E-state index >= 15 is 0 Å². The van der Waals surface area contributed by atoms with Crippen LogP contribution in [0.3, 0.4) is 0 Å². The van der Waals surface area contributed by atoms with Crippen molar-refractivity contribution in [2.45, 2.75) is 0 Å². The molecule has 88 valence electrons. The molecule has 0 aromatic heterocycles. The molecule has 0 aliphatic heterocycles. The van der Waals surface area contributed by atoms with Crippen molar-refractivity contribution in [3.63, 3.8) is 0 Å². The second-order valence-corrected chi connectivity index (χ2v) is 1.91. The summed E-state index contributed by atoms with van der Waals surface area (Å²) in [5.41, 5.74) is 8.50. The molecular formula is CH9N4NaO8S. The van der Waals surface area contributed by atoms with Crippen molar-refractivity contribution in [1.29, 1.82) is 0 Å². The number of nitrogens with two attached hydrogens (primary N) is 2. The number of hydrogen-bond acceptors (Lipinski definition) is 7. The Bertz CT molecular complexity index is 221. The fourth-order valence-electron chi connectivity index (χ4n) is 0. The minimum atomic E-state index is -4.92. The molecule has 0 fully saturated rings. The fraction of sp³-hybridized carbons (Fsp3) is 0. The molecule has 0 aromatic rings. The van der Waals surface area contributed by atoms with E-state index in [1.165, 1.54) is 0 Å². The molecular weight excluding hydrogens is 251 g/mol. The summed E-state index contributed by atoms with van der Waals surface area (Å²) >= 11 is 0. The first-order valence-electron chi connectivity index (χ1n) is 2.01. The summed E-state index contributed by atoms with van der Waals surface area (Å²) in [5, 5.41) is 14.8. The van der Waals surface area contributed by atoms with Crippen LogP contribution in [-0.4, -0.2) is 28.6 Å². The summed E-state index contributed by atoms with van der Waals surface area (Å²) in [7, 11) is -4.92. The molecule has 0 spiro atoms. The van der Waals surface area contributed by atoms with Gasteiger partial charge < -0.3 is 37.5 Å². The van der Waals surface area contributed by atoms with Gasteiger partial charge in [-0.1, -0.05) is 0 Å². The van der Waals surface area contributed by atoms with E-state index in [1.54, 1.807) is 0 Å². The number of rotatable bonds is 0. The average Bonchev–Trinajstić information content (AvgIpc) is 1.50. The first-order chi connectivity index (χ1) is 5.46. The number of carbonyl (C=O) groups is 1. The van der Waals surface area contributed by atoms with Crippen LogP contribution in [0.5, 0.6) is 0 Å². The van der Waals surface area contributed by atoms with Gasteiger partial charge in [0.05, 0.1) is 5.09 Å². The van der Waals surface area contributed by atoms with Crippen LogP contribution in [0, 0.1) is 15.3 Å². The van der Waals surface area contributed by atoms with Gasteiger partial charge in [0.15, 0.2) is 0 Å². The van der Waals surface area contributed by atoms with Gasteiger partial charge in [0.25, 0.3) is 0 Å². The van der Waals surface area contributed by atoms with Crippen LogP contribution in [0.2, 0.25) is 0 Å². The third-order valence-corrected chi connectivity index (χ3v) is 0. The van der Waals surface area contributed by atoms with E-state index < -0.39 is 21.5 Å². The van der Waals surface area contributed by atoms with Gasteiger partial charge in [0.2, 0.25) is 10.4 Å². The minimum Gasteiger partial charge on any atom is -0.726 e. The van der Waals surface area contributed by atoms with Crippen LogP contribution < -0.4 is 47.2 Å². The molecule has 12 nitrogen and oxygen atoms in total. The predicted molar refractivity (Wildman–Crippen MR) is 42.4 cm³/mol. The van der Waals surface area contributed by atoms with E-state index in [9.17, 15) is 0 Å². The van der Waals surface area contributed by atoms with Gasteiger partial charge in [0.1, 0.15) is 0 Å². The number of amides is 2. The molecule has 0 saturated heterocycles. The summed E-state index contributed by atoms with van der Waals surface area (Å²) in [6, 6.07) is -0.833. The van der Waals surface area contributed by atoms with E-state index in [1.807, 2.05) is 0 Å². The van der Waals surface area contributed by atoms with Gasteiger partial charge in [-0.2, -0.15) is 0 Å². The molecule has 0 aliphatic rings. The molecule has 0 rings (SSSR count). The van der Waals surface area contributed by atoms with Gasteiger partial charge in [-0.3, -0.25) is 4.55 Å². The van der Waals surface area contributed by atoms with Crippen LogP contribution in [0.25, 0.3) is 0 Å². The zero-order valence-electron chi connectivity index (χ0n) is 7.82. The third-order valence-electron chi connectivity index (χ3n) is 0. The normalized spacial score (nSPS) is 7.07. The van der Waals surface area contributed by atoms with Crippen LogP contribution >= 0.6 is 0 Å². The van der Waals surface area contributed by atoms with E-state index in [4.69, 9.17) is 37.6 Å². The van der Waals surface area contributed by atoms with Crippen LogP contribution in [0.1, 0.15) is 0 Å². The molecule has 0 saturated carbocycles. The SMILES string of the molecule is NC(N)=O.O=S(=O)([O-])O.O=[N+]([O-])[O-].[NH4+].[Na+]. The topological polar surface area (TPSA) is 249 Å². The molecule has 0 radical (unpaired) electrons. The number of primary amides is 2. The Balaban J connectivity index is -0.0000000315. The molecule has 0 heterocycles. The number of quaternary nitrogens is 1. The maximum absolute atomic E-state index is 9.00. The number of urea groups is 1. The fourth-order valence-corrected chi connectivity index (χ4v) is 0. The molecule has 0 bridgehead atoms. The molecule has 0 aromatic carbocycles. The van der Waals surface area contributed by atoms with Crippen LogP contribution in [0.15, 0.2) is 0 Å². The zero-order chi connectivity index (χ0) is 11.7. The van der Waals surface area contributed by atoms with Crippen LogP contribution in [-0.2, 0) is 10.4 Å². The molecule has 0 atom stereocenters. The van der Waals surface area contributed by atoms with Gasteiger partial charge in [-0.15, -0.1) is 0 Å². The predicted octanol–water partition coefficient (Wildman–Crippen LogP) is -4.83. The average molecular weight is 260 g/mol. The molecule has 9 N–H and O–H groups in total. The third kappa shape index (κ3) is 3470. The van der Waals surface area contributed by atoms with Crippen molar-refractivity contribution in [3.05, 3.63) is 15.3 Å². The number of nitrogens with zero attached hydrogens (tertiary/aromatic N) is 1. The number of carbonyl (C=O) groups excluding carboxylic acids is 1. The van der Waals surface area contributed by atoms with E-state index in [0.29, 0.717) is 0 Å². The smallest absolute Gasteiger partial charge is 0.726 e. The summed E-state index contributed by atoms with van der Waals surface area (Å²) in [4.78, 5) is 17.2. The van der Waals surface area contributed by atoms with E-state index in [-0.39, 0.29) is 35.7 Å². The van der Waals surface area contributed by atoms with Crippen molar-refractivity contribution in [2.24, 2.45) is 11.5 Å². The summed E-state index contributed by atoms with van der Waals surface area (Å²) in [5.74, 6) is 0. The first kappa shape index (κ1) is 29.2. The largest absolute Gasteiger partial charge is 1.00 e. The summed E-state index contributed by atoms with van der Waals surface area (Å²) < 4.78 is 32.8. The first-order valence-corrected chi connectivity index (χ1v) is 3.38. The summed E-state index contributed by atoms with van der Waals surface area (Å²) in [6.45, 7) is 0. The Morgan fingerprint density at radius 1 is 1.27 bits per heavy atom. The Morgan fingerprint density at radius 2 is 1.27 bits per heavy atom. The second kappa shape index (κ2) is 15.8. The van der Waals surface area contributed by atoms with Gasteiger partial charge in [0, 0.05) is 0 Å². The van der Waals surface area contributed by atoms with Gasteiger partial charge in [-0.05, 0) is 0 Å². The minimum absolute atomic E-state index is 0. The monoisotopic (exact) mass is 260 g/mol. The maximum atomic E-state index is 9.00. The van der Waals surface area contributed by atoms with E-state index in [0.717, 1.165) is 0 Å². The molecule has 14 heteroatoms. The summed E-state index contributed by atoms with van der Waals surface area (Å²) in [6.07, 6.45) is 0. The van der Waals surface area contributed by atoms with E-state index in [2.05, 4.69) is 11.5 Å². The van der Waals surface area contributed by atoms with Gasteiger partial charge in [-0.25, -0.2) is 13.2 Å². The molecule has 2 amide bonds. The Kier molecular flexibility index (Phi) is 30.7. The quantitative estimate of drug-likeness (QED) is 0.108. The van der Waals surface area contributed by atoms with Gasteiger partial charge >= 0.3 is 35.6 Å². The molecule has 0 aliphatic carbocycles. The van der Waals surface area contributed by atoms with Crippen molar-refractivity contribution in [1.82, 2.24) is 6.15 Å². The van der Waals surface area contributed by atoms with Crippen molar-refractivity contribution >= 4 is 16.4 Å². The second-order valence-electron chi connectivity index (χ2n) is 1.05. The zero-order valence-corrected chi connectivity index (χ0v) is 10.6. The standard InChI is InChI=1S/CH4N2O.NO3.H3N.Na.H2O4S/c2*2-1(3)4;;;1-5(2,3)4/h(H4,2,3,4);;1H3;;(H2,1,2,3,4)/q;-1;;+1;. The Labute approximate surface area is 106 Å². The van der Waals surface area contributed by atoms with Crippen molar-refractivity contribution in [3.8, 4) is 0 Å². The van der Waals surface area contributed by atoms with Crippen LogP contribution in [0.4, 0.5) is 4.79 Å². The molecule has 15 heavy (non-hydrogen) atoms.